The van der Waals surface area contributed by atoms with E-state index in [0.717, 1.165) is 6.04 Å². The van der Waals surface area contributed by atoms with Gasteiger partial charge in [0.1, 0.15) is 11.9 Å². The molecule has 1 aromatic heterocycles. The molecule has 0 aliphatic rings. The van der Waals surface area contributed by atoms with Gasteiger partial charge in [-0.05, 0) is 6.04 Å². The number of ether oxygens (including phenoxy) is 2. The monoisotopic (exact) mass is 254 g/mol. The van der Waals surface area contributed by atoms with Crippen LogP contribution in [-0.4, -0.2) is 38.0 Å². The lowest BCUT2D eigenvalue weighted by Gasteiger charge is -2.16. The molecular formula is C11H18N2O3Si. The second kappa shape index (κ2) is 5.76. The van der Waals surface area contributed by atoms with E-state index in [1.54, 1.807) is 0 Å². The summed E-state index contributed by atoms with van der Waals surface area (Å²) in [5.41, 5.74) is 0.269. The Balaban J connectivity index is 2.74. The first-order valence-corrected chi connectivity index (χ1v) is 9.15. The Morgan fingerprint density at radius 1 is 1.29 bits per heavy atom. The van der Waals surface area contributed by atoms with Crippen molar-refractivity contribution in [2.24, 2.45) is 0 Å². The summed E-state index contributed by atoms with van der Waals surface area (Å²) in [4.78, 5) is 18.7. The van der Waals surface area contributed by atoms with E-state index in [1.807, 2.05) is 0 Å². The number of aromatic nitrogens is 2. The summed E-state index contributed by atoms with van der Waals surface area (Å²) in [5, 5.41) is 0. The van der Waals surface area contributed by atoms with E-state index in [9.17, 15) is 4.79 Å². The summed E-state index contributed by atoms with van der Waals surface area (Å²) in [6.07, 6.45) is 1.98. The number of methoxy groups -OCH3 is 1. The Hall–Kier alpha value is -1.43. The quantitative estimate of drug-likeness (QED) is 0.574. The molecule has 17 heavy (non-hydrogen) atoms. The lowest BCUT2D eigenvalue weighted by molar-refractivity contribution is 0.111. The Kier molecular flexibility index (Phi) is 4.62. The number of carbonyl (C=O) groups is 1. The minimum absolute atomic E-state index is 0.248. The first-order valence-electron chi connectivity index (χ1n) is 5.45. The van der Waals surface area contributed by atoms with Gasteiger partial charge in [0.05, 0.1) is 13.7 Å². The highest BCUT2D eigenvalue weighted by molar-refractivity contribution is 6.76. The van der Waals surface area contributed by atoms with Crippen molar-refractivity contribution >= 4 is 14.4 Å². The molecule has 0 aliphatic heterocycles. The highest BCUT2D eigenvalue weighted by Crippen LogP contribution is 2.21. The molecule has 6 heteroatoms. The van der Waals surface area contributed by atoms with Gasteiger partial charge in [-0.25, -0.2) is 9.97 Å². The first-order chi connectivity index (χ1) is 7.98. The van der Waals surface area contributed by atoms with Gasteiger partial charge in [-0.15, -0.1) is 0 Å². The van der Waals surface area contributed by atoms with E-state index < -0.39 is 8.07 Å². The number of hydrogen-bond donors (Lipinski definition) is 0. The summed E-state index contributed by atoms with van der Waals surface area (Å²) in [6.45, 7) is 7.35. The van der Waals surface area contributed by atoms with E-state index in [-0.39, 0.29) is 11.4 Å². The topological polar surface area (TPSA) is 61.3 Å². The molecule has 0 saturated carbocycles. The Bertz CT molecular complexity index is 391. The second-order valence-corrected chi connectivity index (χ2v) is 10.5. The number of nitrogens with zero attached hydrogens (tertiary/aromatic N) is 2. The summed E-state index contributed by atoms with van der Waals surface area (Å²) in [7, 11) is 0.311. The second-order valence-electron chi connectivity index (χ2n) is 4.88. The van der Waals surface area contributed by atoms with Gasteiger partial charge in [-0.2, -0.15) is 0 Å². The van der Waals surface area contributed by atoms with Crippen LogP contribution in [-0.2, 0) is 0 Å². The number of rotatable bonds is 6. The van der Waals surface area contributed by atoms with Crippen LogP contribution in [0, 0.1) is 0 Å². The van der Waals surface area contributed by atoms with Gasteiger partial charge in [0.15, 0.2) is 6.29 Å². The fourth-order valence-electron chi connectivity index (χ4n) is 1.20. The SMILES string of the molecule is COc1ncnc(OCC[Si](C)(C)C)c1C=O. The van der Waals surface area contributed by atoms with Crippen molar-refractivity contribution in [1.82, 2.24) is 9.97 Å². The largest absolute Gasteiger partial charge is 0.480 e. The zero-order valence-corrected chi connectivity index (χ0v) is 11.7. The lowest BCUT2D eigenvalue weighted by atomic mass is 10.3. The molecule has 0 aliphatic carbocycles. The van der Waals surface area contributed by atoms with Gasteiger partial charge in [0, 0.05) is 8.07 Å². The summed E-state index contributed by atoms with van der Waals surface area (Å²) < 4.78 is 10.5. The molecule has 0 atom stereocenters. The Morgan fingerprint density at radius 2 is 1.94 bits per heavy atom. The molecule has 1 aromatic rings. The van der Waals surface area contributed by atoms with Crippen LogP contribution in [0.15, 0.2) is 6.33 Å². The van der Waals surface area contributed by atoms with E-state index >= 15 is 0 Å². The van der Waals surface area contributed by atoms with Crippen molar-refractivity contribution in [1.29, 1.82) is 0 Å². The van der Waals surface area contributed by atoms with Gasteiger partial charge in [-0.3, -0.25) is 4.79 Å². The molecule has 5 nitrogen and oxygen atoms in total. The molecule has 0 amide bonds. The van der Waals surface area contributed by atoms with Gasteiger partial charge in [-0.1, -0.05) is 19.6 Å². The van der Waals surface area contributed by atoms with Crippen LogP contribution < -0.4 is 9.47 Å². The maximum Gasteiger partial charge on any atom is 0.231 e. The summed E-state index contributed by atoms with van der Waals surface area (Å²) >= 11 is 0. The van der Waals surface area contributed by atoms with Crippen molar-refractivity contribution < 1.29 is 14.3 Å². The van der Waals surface area contributed by atoms with Gasteiger partial charge in [0.25, 0.3) is 0 Å². The molecule has 0 fully saturated rings. The smallest absolute Gasteiger partial charge is 0.231 e. The van der Waals surface area contributed by atoms with Gasteiger partial charge in [0.2, 0.25) is 11.8 Å². The lowest BCUT2D eigenvalue weighted by Crippen LogP contribution is -2.22. The molecule has 1 heterocycles. The Morgan fingerprint density at radius 3 is 2.47 bits per heavy atom. The van der Waals surface area contributed by atoms with E-state index in [2.05, 4.69) is 29.6 Å². The zero-order valence-electron chi connectivity index (χ0n) is 10.7. The molecule has 0 N–H and O–H groups in total. The van der Waals surface area contributed by atoms with Crippen molar-refractivity contribution in [2.75, 3.05) is 13.7 Å². The van der Waals surface area contributed by atoms with Crippen LogP contribution in [0.25, 0.3) is 0 Å². The zero-order chi connectivity index (χ0) is 12.9. The fraction of sp³-hybridized carbons (Fsp3) is 0.545. The number of carbonyl (C=O) groups excluding carboxylic acids is 1. The molecule has 0 bridgehead atoms. The minimum atomic E-state index is -1.15. The van der Waals surface area contributed by atoms with Gasteiger partial charge < -0.3 is 9.47 Å². The third kappa shape index (κ3) is 4.14. The molecule has 0 radical (unpaired) electrons. The minimum Gasteiger partial charge on any atom is -0.480 e. The third-order valence-electron chi connectivity index (χ3n) is 2.21. The van der Waals surface area contributed by atoms with Crippen LogP contribution >= 0.6 is 0 Å². The fourth-order valence-corrected chi connectivity index (χ4v) is 1.91. The third-order valence-corrected chi connectivity index (χ3v) is 3.92. The molecule has 0 unspecified atom stereocenters. The number of hydrogen-bond acceptors (Lipinski definition) is 5. The highest BCUT2D eigenvalue weighted by atomic mass is 28.3. The van der Waals surface area contributed by atoms with Crippen LogP contribution in [0.5, 0.6) is 11.8 Å². The van der Waals surface area contributed by atoms with Crippen LogP contribution in [0.2, 0.25) is 25.7 Å². The van der Waals surface area contributed by atoms with Crippen LogP contribution in [0.3, 0.4) is 0 Å². The predicted octanol–water partition coefficient (Wildman–Crippen LogP) is 2.01. The maximum atomic E-state index is 10.9. The molecular weight excluding hydrogens is 236 g/mol. The normalized spacial score (nSPS) is 11.1. The van der Waals surface area contributed by atoms with Crippen molar-refractivity contribution in [3.63, 3.8) is 0 Å². The van der Waals surface area contributed by atoms with Crippen molar-refractivity contribution in [3.05, 3.63) is 11.9 Å². The van der Waals surface area contributed by atoms with E-state index in [1.165, 1.54) is 13.4 Å². The predicted molar refractivity (Wildman–Crippen MR) is 67.6 cm³/mol. The van der Waals surface area contributed by atoms with Gasteiger partial charge >= 0.3 is 0 Å². The molecule has 0 aromatic carbocycles. The van der Waals surface area contributed by atoms with E-state index in [0.29, 0.717) is 18.8 Å². The molecule has 0 spiro atoms. The molecule has 94 valence electrons. The number of aldehydes is 1. The van der Waals surface area contributed by atoms with Crippen molar-refractivity contribution in [2.45, 2.75) is 25.7 Å². The average molecular weight is 254 g/mol. The standard InChI is InChI=1S/C11H18N2O3Si/c1-15-10-9(7-14)11(13-8-12-10)16-5-6-17(2,3)4/h7-8H,5-6H2,1-4H3. The average Bonchev–Trinajstić information content (AvgIpc) is 2.27. The Labute approximate surface area is 102 Å². The summed E-state index contributed by atoms with van der Waals surface area (Å²) in [5.74, 6) is 0.545. The highest BCUT2D eigenvalue weighted by Gasteiger charge is 2.16. The maximum absolute atomic E-state index is 10.9. The van der Waals surface area contributed by atoms with Crippen LogP contribution in [0.1, 0.15) is 10.4 Å². The molecule has 1 rings (SSSR count). The van der Waals surface area contributed by atoms with E-state index in [4.69, 9.17) is 9.47 Å². The summed E-state index contributed by atoms with van der Waals surface area (Å²) in [6, 6.07) is 1.01. The first kappa shape index (κ1) is 13.6. The van der Waals surface area contributed by atoms with Crippen molar-refractivity contribution in [3.8, 4) is 11.8 Å². The van der Waals surface area contributed by atoms with Crippen LogP contribution in [0.4, 0.5) is 0 Å². The molecule has 0 saturated heterocycles.